The molecule has 1 N–H and O–H groups in total. The minimum Gasteiger partial charge on any atom is -0.306 e. The quantitative estimate of drug-likeness (QED) is 0.804. The van der Waals surface area contributed by atoms with Crippen molar-refractivity contribution in [3.05, 3.63) is 46.1 Å². The lowest BCUT2D eigenvalue weighted by Gasteiger charge is -2.23. The number of hydrogen-bond acceptors (Lipinski definition) is 4. The van der Waals surface area contributed by atoms with E-state index in [1.807, 2.05) is 19.2 Å². The number of hydrogen-bond donors (Lipinski definition) is 1. The lowest BCUT2D eigenvalue weighted by Crippen LogP contribution is -2.33. The van der Waals surface area contributed by atoms with Crippen LogP contribution in [0.4, 0.5) is 0 Å². The average molecular weight is 242 g/mol. The summed E-state index contributed by atoms with van der Waals surface area (Å²) in [5, 5.41) is 0. The lowest BCUT2D eigenvalue weighted by molar-refractivity contribution is 0.307. The molecule has 0 saturated heterocycles. The Kier molecular flexibility index (Phi) is 2.68. The van der Waals surface area contributed by atoms with Crippen LogP contribution in [-0.4, -0.2) is 33.4 Å². The Hall–Kier alpha value is -2.01. The van der Waals surface area contributed by atoms with E-state index >= 15 is 0 Å². The molecule has 0 saturated carbocycles. The molecular formula is C13H14N4O. The van der Waals surface area contributed by atoms with Gasteiger partial charge < -0.3 is 9.88 Å². The van der Waals surface area contributed by atoms with Crippen LogP contribution >= 0.6 is 0 Å². The van der Waals surface area contributed by atoms with Gasteiger partial charge in [-0.3, -0.25) is 9.78 Å². The summed E-state index contributed by atoms with van der Waals surface area (Å²) in [4.78, 5) is 25.6. The summed E-state index contributed by atoms with van der Waals surface area (Å²) in [6.45, 7) is 1.61. The highest BCUT2D eigenvalue weighted by molar-refractivity contribution is 5.53. The van der Waals surface area contributed by atoms with Crippen LogP contribution in [0.5, 0.6) is 0 Å². The van der Waals surface area contributed by atoms with Crippen LogP contribution in [0.3, 0.4) is 0 Å². The maximum atomic E-state index is 12.1. The van der Waals surface area contributed by atoms with Gasteiger partial charge >= 0.3 is 0 Å². The molecule has 2 aromatic heterocycles. The molecule has 5 nitrogen and oxygen atoms in total. The van der Waals surface area contributed by atoms with E-state index in [-0.39, 0.29) is 5.56 Å². The molecule has 0 amide bonds. The van der Waals surface area contributed by atoms with Crippen LogP contribution in [-0.2, 0) is 13.0 Å². The molecule has 0 aromatic carbocycles. The number of H-pyrrole nitrogens is 1. The van der Waals surface area contributed by atoms with E-state index in [9.17, 15) is 4.79 Å². The van der Waals surface area contributed by atoms with Crippen molar-refractivity contribution in [1.29, 1.82) is 0 Å². The van der Waals surface area contributed by atoms with Gasteiger partial charge in [0.05, 0.1) is 11.3 Å². The van der Waals surface area contributed by atoms with E-state index in [1.54, 1.807) is 12.4 Å². The summed E-state index contributed by atoms with van der Waals surface area (Å²) >= 11 is 0. The minimum atomic E-state index is -0.0367. The van der Waals surface area contributed by atoms with Crippen LogP contribution in [0.15, 0.2) is 29.3 Å². The van der Waals surface area contributed by atoms with Gasteiger partial charge in [0.1, 0.15) is 5.82 Å². The summed E-state index contributed by atoms with van der Waals surface area (Å²) in [5.74, 6) is 0.608. The molecule has 0 unspecified atom stereocenters. The third-order valence-corrected chi connectivity index (χ3v) is 3.19. The highest BCUT2D eigenvalue weighted by Gasteiger charge is 2.18. The second-order valence-electron chi connectivity index (χ2n) is 4.57. The molecule has 3 heterocycles. The second-order valence-corrected chi connectivity index (χ2v) is 4.57. The van der Waals surface area contributed by atoms with Gasteiger partial charge in [-0.1, -0.05) is 0 Å². The van der Waals surface area contributed by atoms with Gasteiger partial charge in [0, 0.05) is 37.5 Å². The smallest absolute Gasteiger partial charge is 0.255 e. The van der Waals surface area contributed by atoms with Crippen molar-refractivity contribution in [2.24, 2.45) is 0 Å². The fourth-order valence-corrected chi connectivity index (χ4v) is 2.20. The molecule has 5 heteroatoms. The number of nitrogens with one attached hydrogen (secondary N) is 1. The summed E-state index contributed by atoms with van der Waals surface area (Å²) < 4.78 is 0. The Labute approximate surface area is 105 Å². The Morgan fingerprint density at radius 2 is 2.33 bits per heavy atom. The van der Waals surface area contributed by atoms with Crippen molar-refractivity contribution in [3.8, 4) is 11.4 Å². The van der Waals surface area contributed by atoms with Gasteiger partial charge in [0.15, 0.2) is 0 Å². The zero-order chi connectivity index (χ0) is 12.5. The average Bonchev–Trinajstić information content (AvgIpc) is 2.40. The largest absolute Gasteiger partial charge is 0.306 e. The van der Waals surface area contributed by atoms with Crippen LogP contribution in [0.1, 0.15) is 11.3 Å². The van der Waals surface area contributed by atoms with Gasteiger partial charge in [0.2, 0.25) is 0 Å². The molecule has 0 fully saturated rings. The Balaban J connectivity index is 2.10. The van der Waals surface area contributed by atoms with Crippen molar-refractivity contribution in [1.82, 2.24) is 19.9 Å². The first-order valence-electron chi connectivity index (χ1n) is 5.95. The number of pyridine rings is 1. The van der Waals surface area contributed by atoms with E-state index in [0.717, 1.165) is 29.8 Å². The number of aromatic nitrogens is 3. The zero-order valence-electron chi connectivity index (χ0n) is 10.2. The fourth-order valence-electron chi connectivity index (χ4n) is 2.20. The van der Waals surface area contributed by atoms with E-state index in [2.05, 4.69) is 19.9 Å². The lowest BCUT2D eigenvalue weighted by atomic mass is 10.1. The van der Waals surface area contributed by atoms with E-state index in [1.165, 1.54) is 0 Å². The Bertz CT molecular complexity index is 621. The molecule has 18 heavy (non-hydrogen) atoms. The van der Waals surface area contributed by atoms with Gasteiger partial charge in [-0.2, -0.15) is 0 Å². The standard InChI is InChI=1S/C13H14N4O/c1-17-6-4-11-10(8-17)13(18)16-12(15-11)9-3-2-5-14-7-9/h2-3,5,7H,4,6,8H2,1H3,(H,15,16,18). The van der Waals surface area contributed by atoms with Crippen molar-refractivity contribution >= 4 is 0 Å². The van der Waals surface area contributed by atoms with Crippen LogP contribution < -0.4 is 5.56 Å². The minimum absolute atomic E-state index is 0.0367. The summed E-state index contributed by atoms with van der Waals surface area (Å²) in [6.07, 6.45) is 4.23. The normalized spacial score (nSPS) is 15.4. The predicted molar refractivity (Wildman–Crippen MR) is 68.1 cm³/mol. The van der Waals surface area contributed by atoms with Gasteiger partial charge in [0.25, 0.3) is 5.56 Å². The summed E-state index contributed by atoms with van der Waals surface area (Å²) in [7, 11) is 2.01. The number of nitrogens with zero attached hydrogens (tertiary/aromatic N) is 3. The van der Waals surface area contributed by atoms with E-state index in [0.29, 0.717) is 12.4 Å². The first kappa shape index (κ1) is 11.1. The first-order valence-corrected chi connectivity index (χ1v) is 5.95. The first-order chi connectivity index (χ1) is 8.74. The Morgan fingerprint density at radius 1 is 1.44 bits per heavy atom. The van der Waals surface area contributed by atoms with Crippen LogP contribution in [0.2, 0.25) is 0 Å². The molecule has 1 aliphatic rings. The third kappa shape index (κ3) is 1.93. The molecule has 2 aromatic rings. The van der Waals surface area contributed by atoms with E-state index in [4.69, 9.17) is 0 Å². The monoisotopic (exact) mass is 242 g/mol. The number of likely N-dealkylation sites (N-methyl/N-ethyl adjacent to an activating group) is 1. The van der Waals surface area contributed by atoms with Crippen molar-refractivity contribution in [2.75, 3.05) is 13.6 Å². The van der Waals surface area contributed by atoms with E-state index < -0.39 is 0 Å². The molecule has 1 aliphatic heterocycles. The topological polar surface area (TPSA) is 61.9 Å². The van der Waals surface area contributed by atoms with Crippen molar-refractivity contribution in [3.63, 3.8) is 0 Å². The maximum Gasteiger partial charge on any atom is 0.255 e. The van der Waals surface area contributed by atoms with Crippen molar-refractivity contribution in [2.45, 2.75) is 13.0 Å². The predicted octanol–water partition coefficient (Wildman–Crippen LogP) is 0.820. The van der Waals surface area contributed by atoms with Crippen LogP contribution in [0, 0.1) is 0 Å². The highest BCUT2D eigenvalue weighted by Crippen LogP contribution is 2.16. The zero-order valence-corrected chi connectivity index (χ0v) is 10.2. The molecule has 3 rings (SSSR count). The number of aromatic amines is 1. The SMILES string of the molecule is CN1CCc2nc(-c3cccnc3)[nH]c(=O)c2C1. The molecule has 92 valence electrons. The van der Waals surface area contributed by atoms with Gasteiger partial charge in [-0.15, -0.1) is 0 Å². The second kappa shape index (κ2) is 4.34. The molecule has 0 spiro atoms. The third-order valence-electron chi connectivity index (χ3n) is 3.19. The van der Waals surface area contributed by atoms with Crippen LogP contribution in [0.25, 0.3) is 11.4 Å². The number of fused-ring (bicyclic) bond motifs is 1. The Morgan fingerprint density at radius 3 is 3.11 bits per heavy atom. The highest BCUT2D eigenvalue weighted by atomic mass is 16.1. The fraction of sp³-hybridized carbons (Fsp3) is 0.308. The molecule has 0 bridgehead atoms. The van der Waals surface area contributed by atoms with Gasteiger partial charge in [-0.05, 0) is 19.2 Å². The number of rotatable bonds is 1. The van der Waals surface area contributed by atoms with Crippen molar-refractivity contribution < 1.29 is 0 Å². The summed E-state index contributed by atoms with van der Waals surface area (Å²) in [6, 6.07) is 3.73. The molecular weight excluding hydrogens is 228 g/mol. The molecule has 0 radical (unpaired) electrons. The summed E-state index contributed by atoms with van der Waals surface area (Å²) in [5.41, 5.74) is 2.51. The van der Waals surface area contributed by atoms with Gasteiger partial charge in [-0.25, -0.2) is 4.98 Å². The maximum absolute atomic E-state index is 12.1. The molecule has 0 atom stereocenters. The molecule has 0 aliphatic carbocycles.